The second-order valence-corrected chi connectivity index (χ2v) is 18.1. The van der Waals surface area contributed by atoms with Gasteiger partial charge in [0.15, 0.2) is 0 Å². The minimum Gasteiger partial charge on any atom is -0.493 e. The number of benzene rings is 3. The van der Waals surface area contributed by atoms with Gasteiger partial charge in [0.25, 0.3) is 0 Å². The molecule has 62 heavy (non-hydrogen) atoms. The van der Waals surface area contributed by atoms with Crippen LogP contribution in [0.1, 0.15) is 152 Å². The summed E-state index contributed by atoms with van der Waals surface area (Å²) in [4.78, 5) is 0. The zero-order valence-electron chi connectivity index (χ0n) is 40.7. The third-order valence-electron chi connectivity index (χ3n) is 13.8. The zero-order valence-corrected chi connectivity index (χ0v) is 40.7. The van der Waals surface area contributed by atoms with Gasteiger partial charge < -0.3 is 23.7 Å². The number of rotatable bonds is 9. The smallest absolute Gasteiger partial charge is 0.119 e. The van der Waals surface area contributed by atoms with Crippen molar-refractivity contribution in [2.24, 2.45) is 53.3 Å². The SMILES string of the molecule is C1CC2C3CCC(C3)C2C1.C1CC2C3CCC(C3)C2C1.CC.CC.CC.CCC.c1ccc(OCC2CC2)cc1.c1ccc(OCC2CO2)cc1.c1ccc(OCC2CO2)cc1. The average molecular weight is 855 g/mol. The Hall–Kier alpha value is -3.02. The van der Waals surface area contributed by atoms with Crippen LogP contribution in [0, 0.1) is 53.3 Å². The lowest BCUT2D eigenvalue weighted by molar-refractivity contribution is 0.259. The molecule has 7 saturated carbocycles. The molecule has 5 heteroatoms. The van der Waals surface area contributed by atoms with E-state index in [-0.39, 0.29) is 0 Å². The molecule has 2 saturated heterocycles. The zero-order chi connectivity index (χ0) is 44.4. The number of ether oxygens (including phenoxy) is 5. The molecule has 348 valence electrons. The van der Waals surface area contributed by atoms with Crippen LogP contribution in [-0.2, 0) is 9.47 Å². The molecule has 2 heterocycles. The van der Waals surface area contributed by atoms with Gasteiger partial charge in [-0.25, -0.2) is 0 Å². The van der Waals surface area contributed by atoms with E-state index in [2.05, 4.69) is 13.8 Å². The summed E-state index contributed by atoms with van der Waals surface area (Å²) in [6.07, 6.45) is 23.7. The Kier molecular flexibility index (Phi) is 25.1. The Morgan fingerprint density at radius 3 is 0.935 bits per heavy atom. The van der Waals surface area contributed by atoms with E-state index in [1.807, 2.05) is 133 Å². The van der Waals surface area contributed by atoms with Crippen LogP contribution in [0.5, 0.6) is 17.2 Å². The van der Waals surface area contributed by atoms with Gasteiger partial charge in [-0.1, -0.05) is 129 Å². The Balaban J connectivity index is 0.000000163. The van der Waals surface area contributed by atoms with Crippen molar-refractivity contribution in [2.45, 2.75) is 164 Å². The minimum absolute atomic E-state index is 0.343. The summed E-state index contributed by atoms with van der Waals surface area (Å²) >= 11 is 0. The van der Waals surface area contributed by atoms with Gasteiger partial charge in [0, 0.05) is 0 Å². The highest BCUT2D eigenvalue weighted by atomic mass is 16.6. The van der Waals surface area contributed by atoms with Gasteiger partial charge in [0.1, 0.15) is 42.7 Å². The number of epoxide rings is 2. The predicted octanol–water partition coefficient (Wildman–Crippen LogP) is 15.6. The fraction of sp³-hybridized carbons (Fsp3) is 0.684. The van der Waals surface area contributed by atoms with E-state index in [0.717, 1.165) is 43.0 Å². The molecule has 9 aliphatic rings. The Bertz CT molecular complexity index is 1300. The van der Waals surface area contributed by atoms with Gasteiger partial charge >= 0.3 is 0 Å². The Labute approximate surface area is 380 Å². The lowest BCUT2D eigenvalue weighted by atomic mass is 9.82. The molecule has 3 aromatic rings. The van der Waals surface area contributed by atoms with E-state index in [1.165, 1.54) is 66.6 Å². The van der Waals surface area contributed by atoms with Crippen molar-refractivity contribution in [2.75, 3.05) is 33.0 Å². The van der Waals surface area contributed by atoms with Gasteiger partial charge in [-0.3, -0.25) is 0 Å². The van der Waals surface area contributed by atoms with Crippen LogP contribution in [0.3, 0.4) is 0 Å². The van der Waals surface area contributed by atoms with Crippen molar-refractivity contribution in [1.82, 2.24) is 0 Å². The monoisotopic (exact) mass is 855 g/mol. The number of hydrogen-bond acceptors (Lipinski definition) is 5. The molecule has 10 atom stereocenters. The van der Waals surface area contributed by atoms with Crippen LogP contribution in [0.4, 0.5) is 0 Å². The predicted molar refractivity (Wildman–Crippen MR) is 261 cm³/mol. The second kappa shape index (κ2) is 30.2. The van der Waals surface area contributed by atoms with Crippen molar-refractivity contribution < 1.29 is 23.7 Å². The summed E-state index contributed by atoms with van der Waals surface area (Å²) in [5.41, 5.74) is 0. The molecule has 0 amide bonds. The van der Waals surface area contributed by atoms with Crippen molar-refractivity contribution in [1.29, 1.82) is 0 Å². The fourth-order valence-corrected chi connectivity index (χ4v) is 10.8. The molecule has 9 fully saturated rings. The van der Waals surface area contributed by atoms with E-state index in [4.69, 9.17) is 23.7 Å². The number of hydrogen-bond donors (Lipinski definition) is 0. The Morgan fingerprint density at radius 2 is 0.677 bits per heavy atom. The molecule has 2 aliphatic heterocycles. The highest BCUT2D eigenvalue weighted by molar-refractivity contribution is 5.22. The van der Waals surface area contributed by atoms with Gasteiger partial charge in [0.05, 0.1) is 19.8 Å². The number of para-hydroxylation sites is 3. The third-order valence-corrected chi connectivity index (χ3v) is 13.8. The standard InChI is InChI=1S/C10H12O.2C10H16.2C9H10O2.C3H8.3C2H6/c1-2-4-10(5-3-1)11-8-9-6-7-9;2*1-2-9-7-4-5-8(6-7)10(9)3-1;2*1-2-4-8(5-3-1)10-6-9-7-11-9;1-3-2;3*1-2/h1-5,9H,6-8H2;2*7-10H,1-6H2;2*1-5,9H,6-7H2;3H2,1-2H3;3*1-2H3. The van der Waals surface area contributed by atoms with Gasteiger partial charge in [0.2, 0.25) is 0 Å². The lowest BCUT2D eigenvalue weighted by Crippen LogP contribution is -2.15. The topological polar surface area (TPSA) is 52.8 Å². The van der Waals surface area contributed by atoms with Crippen LogP contribution in [0.15, 0.2) is 91.0 Å². The summed E-state index contributed by atoms with van der Waals surface area (Å²) < 4.78 is 26.4. The molecule has 10 unspecified atom stereocenters. The first-order valence-corrected chi connectivity index (χ1v) is 25.9. The molecule has 0 N–H and O–H groups in total. The highest BCUT2D eigenvalue weighted by Crippen LogP contribution is 2.59. The quantitative estimate of drug-likeness (QED) is 0.201. The molecule has 4 bridgehead atoms. The van der Waals surface area contributed by atoms with Gasteiger partial charge in [-0.15, -0.1) is 0 Å². The maximum absolute atomic E-state index is 5.53. The van der Waals surface area contributed by atoms with E-state index in [1.54, 1.807) is 77.0 Å². The van der Waals surface area contributed by atoms with Crippen LogP contribution in [0.25, 0.3) is 0 Å². The van der Waals surface area contributed by atoms with Crippen LogP contribution in [0.2, 0.25) is 0 Å². The fourth-order valence-electron chi connectivity index (χ4n) is 10.8. The maximum atomic E-state index is 5.53. The second-order valence-electron chi connectivity index (χ2n) is 18.1. The van der Waals surface area contributed by atoms with Crippen molar-refractivity contribution in [3.8, 4) is 17.2 Å². The summed E-state index contributed by atoms with van der Waals surface area (Å²) in [5, 5.41) is 0. The van der Waals surface area contributed by atoms with E-state index < -0.39 is 0 Å². The first kappa shape index (κ1) is 51.6. The van der Waals surface area contributed by atoms with Gasteiger partial charge in [-0.2, -0.15) is 0 Å². The van der Waals surface area contributed by atoms with E-state index >= 15 is 0 Å². The lowest BCUT2D eigenvalue weighted by Gasteiger charge is -2.23. The van der Waals surface area contributed by atoms with Crippen molar-refractivity contribution in [3.05, 3.63) is 91.0 Å². The summed E-state index contributed by atoms with van der Waals surface area (Å²) in [6, 6.07) is 29.6. The van der Waals surface area contributed by atoms with Gasteiger partial charge in [-0.05, 0) is 167 Å². The van der Waals surface area contributed by atoms with Crippen LogP contribution < -0.4 is 14.2 Å². The molecule has 5 nitrogen and oxygen atoms in total. The van der Waals surface area contributed by atoms with Crippen molar-refractivity contribution >= 4 is 0 Å². The molecule has 0 radical (unpaired) electrons. The molecule has 12 rings (SSSR count). The molecule has 0 aromatic heterocycles. The molecule has 3 aromatic carbocycles. The summed E-state index contributed by atoms with van der Waals surface area (Å²) in [5.74, 6) is 13.3. The minimum atomic E-state index is 0.343. The molecular weight excluding hydrogens is 765 g/mol. The molecule has 7 aliphatic carbocycles. The molecular formula is C57H90O5. The summed E-state index contributed by atoms with van der Waals surface area (Å²) in [7, 11) is 0. The first-order valence-electron chi connectivity index (χ1n) is 25.9. The van der Waals surface area contributed by atoms with Crippen molar-refractivity contribution in [3.63, 3.8) is 0 Å². The highest BCUT2D eigenvalue weighted by Gasteiger charge is 2.49. The number of fused-ring (bicyclic) bond motifs is 10. The average Bonchev–Trinajstić information content (AvgIpc) is 4.25. The van der Waals surface area contributed by atoms with Crippen LogP contribution in [-0.4, -0.2) is 45.2 Å². The van der Waals surface area contributed by atoms with E-state index in [0.29, 0.717) is 25.4 Å². The largest absolute Gasteiger partial charge is 0.493 e. The maximum Gasteiger partial charge on any atom is 0.119 e. The summed E-state index contributed by atoms with van der Waals surface area (Å²) in [6.45, 7) is 20.2. The Morgan fingerprint density at radius 1 is 0.403 bits per heavy atom. The first-order chi connectivity index (χ1) is 30.7. The van der Waals surface area contributed by atoms with E-state index in [9.17, 15) is 0 Å². The third kappa shape index (κ3) is 18.2. The van der Waals surface area contributed by atoms with Crippen LogP contribution >= 0.6 is 0 Å². The molecule has 0 spiro atoms. The normalized spacial score (nSPS) is 29.6.